The Morgan fingerprint density at radius 3 is 2.86 bits per heavy atom. The lowest BCUT2D eigenvalue weighted by Crippen LogP contribution is -2.35. The van der Waals surface area contributed by atoms with Gasteiger partial charge in [0.25, 0.3) is 0 Å². The highest BCUT2D eigenvalue weighted by atomic mass is 16.5. The van der Waals surface area contributed by atoms with Crippen LogP contribution in [0.25, 0.3) is 0 Å². The van der Waals surface area contributed by atoms with Crippen LogP contribution in [0, 0.1) is 5.92 Å². The number of nitrogens with zero attached hydrogens (tertiary/aromatic N) is 1. The Labute approximate surface area is 83.3 Å². The summed E-state index contributed by atoms with van der Waals surface area (Å²) in [6.45, 7) is 2.49. The van der Waals surface area contributed by atoms with Gasteiger partial charge in [-0.15, -0.1) is 0 Å². The molecule has 2 N–H and O–H groups in total. The Bertz CT molecular complexity index is 207. The van der Waals surface area contributed by atoms with Crippen molar-refractivity contribution in [3.05, 3.63) is 0 Å². The first-order chi connectivity index (χ1) is 6.54. The molecule has 1 aliphatic heterocycles. The number of hydrogen-bond acceptors (Lipinski definition) is 5. The summed E-state index contributed by atoms with van der Waals surface area (Å²) >= 11 is 0. The molecule has 0 radical (unpaired) electrons. The van der Waals surface area contributed by atoms with Gasteiger partial charge >= 0.3 is 5.97 Å². The minimum atomic E-state index is -0.645. The molecule has 3 atom stereocenters. The van der Waals surface area contributed by atoms with E-state index in [0.717, 1.165) is 0 Å². The summed E-state index contributed by atoms with van der Waals surface area (Å²) in [5.41, 5.74) is 0. The predicted molar refractivity (Wildman–Crippen MR) is 49.4 cm³/mol. The average molecular weight is 203 g/mol. The highest BCUT2D eigenvalue weighted by molar-refractivity contribution is 5.72. The van der Waals surface area contributed by atoms with Gasteiger partial charge in [0, 0.05) is 19.5 Å². The summed E-state index contributed by atoms with van der Waals surface area (Å²) in [4.78, 5) is 12.9. The van der Waals surface area contributed by atoms with Crippen molar-refractivity contribution in [2.75, 3.05) is 20.2 Å². The van der Waals surface area contributed by atoms with Crippen LogP contribution in [0.5, 0.6) is 0 Å². The topological polar surface area (TPSA) is 70.0 Å². The number of aliphatic hydroxyl groups excluding tert-OH is 2. The number of hydrogen-bond donors (Lipinski definition) is 2. The van der Waals surface area contributed by atoms with Gasteiger partial charge in [-0.3, -0.25) is 9.69 Å². The SMILES string of the molecule is COC(=O)C1CC(O)N(CC(C)O)C1. The first kappa shape index (κ1) is 11.4. The number of carbonyl (C=O) groups excluding carboxylic acids is 1. The number of aliphatic hydroxyl groups is 2. The molecule has 0 saturated carbocycles. The van der Waals surface area contributed by atoms with Crippen LogP contribution < -0.4 is 0 Å². The molecular weight excluding hydrogens is 186 g/mol. The summed E-state index contributed by atoms with van der Waals surface area (Å²) < 4.78 is 4.60. The summed E-state index contributed by atoms with van der Waals surface area (Å²) in [5, 5.41) is 18.7. The van der Waals surface area contributed by atoms with Crippen molar-refractivity contribution in [1.29, 1.82) is 0 Å². The predicted octanol–water partition coefficient (Wildman–Crippen LogP) is -0.820. The van der Waals surface area contributed by atoms with E-state index in [1.54, 1.807) is 11.8 Å². The lowest BCUT2D eigenvalue weighted by Gasteiger charge is -2.20. The Morgan fingerprint density at radius 2 is 2.36 bits per heavy atom. The van der Waals surface area contributed by atoms with Crippen LogP contribution in [-0.4, -0.2) is 53.6 Å². The van der Waals surface area contributed by atoms with Gasteiger partial charge in [-0.25, -0.2) is 0 Å². The van der Waals surface area contributed by atoms with Gasteiger partial charge in [-0.2, -0.15) is 0 Å². The van der Waals surface area contributed by atoms with Crippen LogP contribution in [0.15, 0.2) is 0 Å². The highest BCUT2D eigenvalue weighted by Gasteiger charge is 2.35. The third-order valence-electron chi connectivity index (χ3n) is 2.40. The quantitative estimate of drug-likeness (QED) is 0.586. The molecule has 1 aliphatic rings. The van der Waals surface area contributed by atoms with Crippen molar-refractivity contribution in [2.24, 2.45) is 5.92 Å². The number of β-amino-alcohol motifs (C(OH)–C–C–N with tert-alkyl or cyclic N) is 1. The molecule has 5 nitrogen and oxygen atoms in total. The van der Waals surface area contributed by atoms with Crippen LogP contribution in [0.4, 0.5) is 0 Å². The fourth-order valence-electron chi connectivity index (χ4n) is 1.76. The molecule has 0 aliphatic carbocycles. The first-order valence-corrected chi connectivity index (χ1v) is 4.72. The van der Waals surface area contributed by atoms with Crippen LogP contribution in [0.2, 0.25) is 0 Å². The largest absolute Gasteiger partial charge is 0.469 e. The molecule has 0 spiro atoms. The third kappa shape index (κ3) is 2.67. The second-order valence-corrected chi connectivity index (χ2v) is 3.74. The smallest absolute Gasteiger partial charge is 0.310 e. The second kappa shape index (κ2) is 4.72. The van der Waals surface area contributed by atoms with E-state index in [2.05, 4.69) is 4.74 Å². The van der Waals surface area contributed by atoms with Crippen LogP contribution in [0.1, 0.15) is 13.3 Å². The number of ether oxygens (including phenoxy) is 1. The minimum Gasteiger partial charge on any atom is -0.469 e. The van der Waals surface area contributed by atoms with Crippen LogP contribution in [-0.2, 0) is 9.53 Å². The molecule has 14 heavy (non-hydrogen) atoms. The molecule has 82 valence electrons. The molecule has 5 heteroatoms. The fourth-order valence-corrected chi connectivity index (χ4v) is 1.76. The van der Waals surface area contributed by atoms with E-state index in [1.807, 2.05) is 0 Å². The molecule has 1 saturated heterocycles. The molecule has 0 aromatic carbocycles. The zero-order valence-corrected chi connectivity index (χ0v) is 8.51. The number of likely N-dealkylation sites (tertiary alicyclic amines) is 1. The molecule has 3 unspecified atom stereocenters. The maximum Gasteiger partial charge on any atom is 0.310 e. The molecule has 1 fully saturated rings. The van der Waals surface area contributed by atoms with Crippen molar-refractivity contribution in [3.63, 3.8) is 0 Å². The highest BCUT2D eigenvalue weighted by Crippen LogP contribution is 2.22. The first-order valence-electron chi connectivity index (χ1n) is 4.72. The molecule has 0 amide bonds. The lowest BCUT2D eigenvalue weighted by atomic mass is 10.1. The summed E-state index contributed by atoms with van der Waals surface area (Å²) in [5.74, 6) is -0.564. The lowest BCUT2D eigenvalue weighted by molar-refractivity contribution is -0.145. The van der Waals surface area contributed by atoms with E-state index in [1.165, 1.54) is 7.11 Å². The van der Waals surface area contributed by atoms with Crippen LogP contribution in [0.3, 0.4) is 0 Å². The minimum absolute atomic E-state index is 0.270. The van der Waals surface area contributed by atoms with E-state index >= 15 is 0 Å². The Morgan fingerprint density at radius 1 is 1.71 bits per heavy atom. The molecular formula is C9H17NO4. The number of carbonyl (C=O) groups is 1. The molecule has 0 aromatic rings. The van der Waals surface area contributed by atoms with Gasteiger partial charge in [0.2, 0.25) is 0 Å². The normalized spacial score (nSPS) is 30.3. The van der Waals surface area contributed by atoms with Crippen LogP contribution >= 0.6 is 0 Å². The van der Waals surface area contributed by atoms with E-state index in [9.17, 15) is 9.90 Å². The van der Waals surface area contributed by atoms with Crippen molar-refractivity contribution in [3.8, 4) is 0 Å². The van der Waals surface area contributed by atoms with E-state index in [-0.39, 0.29) is 11.9 Å². The van der Waals surface area contributed by atoms with Gasteiger partial charge in [-0.1, -0.05) is 0 Å². The van der Waals surface area contributed by atoms with Crippen molar-refractivity contribution in [1.82, 2.24) is 4.90 Å². The van der Waals surface area contributed by atoms with Crippen molar-refractivity contribution in [2.45, 2.75) is 25.7 Å². The molecule has 0 aromatic heterocycles. The van der Waals surface area contributed by atoms with E-state index in [4.69, 9.17) is 5.11 Å². The monoisotopic (exact) mass is 203 g/mol. The van der Waals surface area contributed by atoms with E-state index < -0.39 is 12.3 Å². The standard InChI is InChI=1S/C9H17NO4/c1-6(11)4-10-5-7(3-8(10)12)9(13)14-2/h6-8,11-12H,3-5H2,1-2H3. The van der Waals surface area contributed by atoms with Gasteiger partial charge < -0.3 is 14.9 Å². The zero-order valence-electron chi connectivity index (χ0n) is 8.51. The van der Waals surface area contributed by atoms with Gasteiger partial charge in [0.05, 0.1) is 19.1 Å². The maximum absolute atomic E-state index is 11.2. The van der Waals surface area contributed by atoms with E-state index in [0.29, 0.717) is 19.5 Å². The number of methoxy groups -OCH3 is 1. The number of esters is 1. The molecule has 1 rings (SSSR count). The average Bonchev–Trinajstić information content (AvgIpc) is 2.46. The Kier molecular flexibility index (Phi) is 3.86. The van der Waals surface area contributed by atoms with Gasteiger partial charge in [0.15, 0.2) is 0 Å². The van der Waals surface area contributed by atoms with Crippen molar-refractivity contribution < 1.29 is 19.7 Å². The summed E-state index contributed by atoms with van der Waals surface area (Å²) in [6, 6.07) is 0. The Balaban J connectivity index is 2.47. The Hall–Kier alpha value is -0.650. The zero-order chi connectivity index (χ0) is 10.7. The molecule has 0 bridgehead atoms. The maximum atomic E-state index is 11.2. The fraction of sp³-hybridized carbons (Fsp3) is 0.889. The van der Waals surface area contributed by atoms with Gasteiger partial charge in [0.1, 0.15) is 6.23 Å². The second-order valence-electron chi connectivity index (χ2n) is 3.74. The molecule has 1 heterocycles. The summed E-state index contributed by atoms with van der Waals surface area (Å²) in [7, 11) is 1.34. The van der Waals surface area contributed by atoms with Gasteiger partial charge in [-0.05, 0) is 6.92 Å². The summed E-state index contributed by atoms with van der Waals surface area (Å²) in [6.07, 6.45) is -0.755. The van der Waals surface area contributed by atoms with Crippen molar-refractivity contribution >= 4 is 5.97 Å². The number of rotatable bonds is 3. The third-order valence-corrected chi connectivity index (χ3v) is 2.40.